The molecule has 4 heterocycles. The van der Waals surface area contributed by atoms with E-state index in [1.54, 1.807) is 0 Å². The highest BCUT2D eigenvalue weighted by atomic mass is 19.1. The van der Waals surface area contributed by atoms with E-state index >= 15 is 0 Å². The van der Waals surface area contributed by atoms with Crippen LogP contribution in [-0.2, 0) is 26.6 Å². The summed E-state index contributed by atoms with van der Waals surface area (Å²) in [5, 5.41) is 4.27. The number of benzene rings is 1. The molecular formula is C20H22FN5. The summed E-state index contributed by atoms with van der Waals surface area (Å²) >= 11 is 0. The Kier molecular flexibility index (Phi) is 3.50. The maximum Gasteiger partial charge on any atom is 0.123 e. The SMILES string of the molecule is Cn1cc(CN2CCC3(Cc4ncc(-c5ccc(F)cc5)n4C3)C2)cn1. The molecule has 1 unspecified atom stereocenters. The highest BCUT2D eigenvalue weighted by Gasteiger charge is 2.44. The van der Waals surface area contributed by atoms with Crippen LogP contribution in [0.2, 0.25) is 0 Å². The number of halogens is 1. The third kappa shape index (κ3) is 2.65. The summed E-state index contributed by atoms with van der Waals surface area (Å²) in [6.07, 6.45) is 8.20. The summed E-state index contributed by atoms with van der Waals surface area (Å²) < 4.78 is 17.4. The summed E-state index contributed by atoms with van der Waals surface area (Å²) in [6.45, 7) is 4.17. The van der Waals surface area contributed by atoms with Gasteiger partial charge in [-0.3, -0.25) is 9.58 Å². The van der Waals surface area contributed by atoms with Crippen molar-refractivity contribution in [3.63, 3.8) is 0 Å². The highest BCUT2D eigenvalue weighted by Crippen LogP contribution is 2.42. The summed E-state index contributed by atoms with van der Waals surface area (Å²) in [6, 6.07) is 6.72. The van der Waals surface area contributed by atoms with E-state index in [9.17, 15) is 4.39 Å². The zero-order valence-corrected chi connectivity index (χ0v) is 14.9. The molecule has 1 atom stereocenters. The number of likely N-dealkylation sites (tertiary alicyclic amines) is 1. The van der Waals surface area contributed by atoms with Gasteiger partial charge in [0.25, 0.3) is 0 Å². The van der Waals surface area contributed by atoms with Gasteiger partial charge in [-0.1, -0.05) is 0 Å². The summed E-state index contributed by atoms with van der Waals surface area (Å²) in [7, 11) is 1.96. The molecule has 1 fully saturated rings. The molecule has 134 valence electrons. The lowest BCUT2D eigenvalue weighted by atomic mass is 9.86. The predicted molar refractivity (Wildman–Crippen MR) is 96.9 cm³/mol. The van der Waals surface area contributed by atoms with Crippen molar-refractivity contribution in [3.05, 3.63) is 60.1 Å². The van der Waals surface area contributed by atoms with Crippen LogP contribution in [0, 0.1) is 11.2 Å². The van der Waals surface area contributed by atoms with Crippen LogP contribution in [0.15, 0.2) is 42.9 Å². The first-order valence-electron chi connectivity index (χ1n) is 9.11. The Hall–Kier alpha value is -2.47. The van der Waals surface area contributed by atoms with E-state index in [-0.39, 0.29) is 11.2 Å². The van der Waals surface area contributed by atoms with Gasteiger partial charge >= 0.3 is 0 Å². The molecule has 5 nitrogen and oxygen atoms in total. The molecule has 6 heteroatoms. The Labute approximate surface area is 152 Å². The molecule has 0 N–H and O–H groups in total. The zero-order valence-electron chi connectivity index (χ0n) is 14.9. The van der Waals surface area contributed by atoms with Gasteiger partial charge in [0.05, 0.1) is 18.1 Å². The Morgan fingerprint density at radius 3 is 2.77 bits per heavy atom. The van der Waals surface area contributed by atoms with Crippen molar-refractivity contribution in [1.29, 1.82) is 0 Å². The molecule has 1 spiro atoms. The quantitative estimate of drug-likeness (QED) is 0.728. The van der Waals surface area contributed by atoms with Crippen LogP contribution in [0.4, 0.5) is 4.39 Å². The second-order valence-electron chi connectivity index (χ2n) is 7.81. The minimum atomic E-state index is -0.201. The second-order valence-corrected chi connectivity index (χ2v) is 7.81. The number of fused-ring (bicyclic) bond motifs is 1. The van der Waals surface area contributed by atoms with E-state index in [4.69, 9.17) is 0 Å². The fraction of sp³-hybridized carbons (Fsp3) is 0.400. The average Bonchev–Trinajstić information content (AvgIpc) is 3.36. The van der Waals surface area contributed by atoms with Crippen LogP contribution < -0.4 is 0 Å². The molecule has 0 bridgehead atoms. The molecule has 26 heavy (non-hydrogen) atoms. The first-order valence-corrected chi connectivity index (χ1v) is 9.11. The van der Waals surface area contributed by atoms with E-state index in [1.165, 1.54) is 24.1 Å². The number of aromatic nitrogens is 4. The van der Waals surface area contributed by atoms with E-state index in [2.05, 4.69) is 25.7 Å². The van der Waals surface area contributed by atoms with Crippen molar-refractivity contribution in [3.8, 4) is 11.3 Å². The van der Waals surface area contributed by atoms with Crippen LogP contribution in [0.5, 0.6) is 0 Å². The van der Waals surface area contributed by atoms with Gasteiger partial charge in [0.2, 0.25) is 0 Å². The third-order valence-corrected chi connectivity index (χ3v) is 5.79. The summed E-state index contributed by atoms with van der Waals surface area (Å²) in [4.78, 5) is 7.19. The predicted octanol–water partition coefficient (Wildman–Crippen LogP) is 2.87. The smallest absolute Gasteiger partial charge is 0.123 e. The third-order valence-electron chi connectivity index (χ3n) is 5.79. The maximum atomic E-state index is 13.2. The molecule has 1 saturated heterocycles. The van der Waals surface area contributed by atoms with Crippen molar-refractivity contribution >= 4 is 0 Å². The van der Waals surface area contributed by atoms with E-state index in [0.717, 1.165) is 49.7 Å². The zero-order chi connectivity index (χ0) is 17.7. The number of rotatable bonds is 3. The first-order chi connectivity index (χ1) is 12.6. The van der Waals surface area contributed by atoms with Crippen molar-refractivity contribution in [2.75, 3.05) is 13.1 Å². The fourth-order valence-corrected chi connectivity index (χ4v) is 4.56. The Balaban J connectivity index is 1.34. The standard InChI is InChI=1S/C20H22FN5/c1-24-11-15(9-23-24)12-25-7-6-20(13-25)8-19-22-10-18(26(19)14-20)16-2-4-17(21)5-3-16/h2-5,9-11H,6-8,12-14H2,1H3. The number of imidazole rings is 1. The molecule has 0 saturated carbocycles. The van der Waals surface area contributed by atoms with Gasteiger partial charge in [-0.15, -0.1) is 0 Å². The monoisotopic (exact) mass is 351 g/mol. The van der Waals surface area contributed by atoms with E-state index in [1.807, 2.05) is 36.3 Å². The lowest BCUT2D eigenvalue weighted by molar-refractivity contribution is 0.247. The van der Waals surface area contributed by atoms with Crippen molar-refractivity contribution in [1.82, 2.24) is 24.2 Å². The van der Waals surface area contributed by atoms with Crippen LogP contribution in [0.3, 0.4) is 0 Å². The van der Waals surface area contributed by atoms with E-state index in [0.29, 0.717) is 0 Å². The van der Waals surface area contributed by atoms with Gasteiger partial charge in [0.15, 0.2) is 0 Å². The number of hydrogen-bond donors (Lipinski definition) is 0. The van der Waals surface area contributed by atoms with Crippen LogP contribution in [0.25, 0.3) is 11.3 Å². The Morgan fingerprint density at radius 1 is 1.15 bits per heavy atom. The molecule has 0 aliphatic carbocycles. The van der Waals surface area contributed by atoms with Gasteiger partial charge in [0.1, 0.15) is 11.6 Å². The molecular weight excluding hydrogens is 329 g/mol. The fourth-order valence-electron chi connectivity index (χ4n) is 4.56. The molecule has 5 rings (SSSR count). The van der Waals surface area contributed by atoms with Gasteiger partial charge < -0.3 is 4.57 Å². The van der Waals surface area contributed by atoms with Crippen LogP contribution >= 0.6 is 0 Å². The van der Waals surface area contributed by atoms with Gasteiger partial charge in [0, 0.05) is 50.3 Å². The molecule has 3 aromatic rings. The molecule has 1 aromatic carbocycles. The lowest BCUT2D eigenvalue weighted by Gasteiger charge is -2.23. The molecule has 0 amide bonds. The summed E-state index contributed by atoms with van der Waals surface area (Å²) in [5.41, 5.74) is 3.68. The van der Waals surface area contributed by atoms with Crippen molar-refractivity contribution in [2.45, 2.75) is 25.9 Å². The first kappa shape index (κ1) is 15.8. The topological polar surface area (TPSA) is 38.9 Å². The normalized spacial score (nSPS) is 22.4. The largest absolute Gasteiger partial charge is 0.327 e. The Morgan fingerprint density at radius 2 is 2.00 bits per heavy atom. The molecule has 2 aliphatic heterocycles. The average molecular weight is 351 g/mol. The Bertz CT molecular complexity index is 942. The highest BCUT2D eigenvalue weighted by molar-refractivity contribution is 5.59. The number of hydrogen-bond acceptors (Lipinski definition) is 3. The molecule has 0 radical (unpaired) electrons. The number of aryl methyl sites for hydroxylation is 1. The lowest BCUT2D eigenvalue weighted by Crippen LogP contribution is -2.28. The van der Waals surface area contributed by atoms with E-state index < -0.39 is 0 Å². The van der Waals surface area contributed by atoms with Crippen molar-refractivity contribution < 1.29 is 4.39 Å². The van der Waals surface area contributed by atoms with Gasteiger partial charge in [-0.2, -0.15) is 5.10 Å². The molecule has 2 aliphatic rings. The minimum Gasteiger partial charge on any atom is -0.327 e. The molecule has 2 aromatic heterocycles. The second kappa shape index (κ2) is 5.77. The number of nitrogens with zero attached hydrogens (tertiary/aromatic N) is 5. The van der Waals surface area contributed by atoms with Gasteiger partial charge in [-0.05, 0) is 42.8 Å². The minimum absolute atomic E-state index is 0.201. The summed E-state index contributed by atoms with van der Waals surface area (Å²) in [5.74, 6) is 0.959. The van der Waals surface area contributed by atoms with Gasteiger partial charge in [-0.25, -0.2) is 9.37 Å². The van der Waals surface area contributed by atoms with Crippen molar-refractivity contribution in [2.24, 2.45) is 12.5 Å². The van der Waals surface area contributed by atoms with Crippen LogP contribution in [0.1, 0.15) is 17.8 Å². The maximum absolute atomic E-state index is 13.2. The van der Waals surface area contributed by atoms with Crippen LogP contribution in [-0.4, -0.2) is 37.3 Å².